The maximum Gasteiger partial charge on any atom is 0.244 e. The summed E-state index contributed by atoms with van der Waals surface area (Å²) >= 11 is 0. The molecule has 0 saturated carbocycles. The van der Waals surface area contributed by atoms with Crippen LogP contribution in [-0.4, -0.2) is 60.8 Å². The van der Waals surface area contributed by atoms with Crippen molar-refractivity contribution >= 4 is 35.7 Å². The summed E-state index contributed by atoms with van der Waals surface area (Å²) in [5.74, 6) is -1.31. The van der Waals surface area contributed by atoms with Crippen molar-refractivity contribution in [2.75, 3.05) is 13.1 Å². The first-order valence-corrected chi connectivity index (χ1v) is 15.9. The van der Waals surface area contributed by atoms with Gasteiger partial charge in [-0.1, -0.05) is 88.4 Å². The van der Waals surface area contributed by atoms with Gasteiger partial charge in [0.2, 0.25) is 23.6 Å². The van der Waals surface area contributed by atoms with Crippen LogP contribution in [0.5, 0.6) is 0 Å². The summed E-state index contributed by atoms with van der Waals surface area (Å²) in [6.07, 6.45) is 5.04. The fourth-order valence-corrected chi connectivity index (χ4v) is 4.66. The third-order valence-corrected chi connectivity index (χ3v) is 7.28. The lowest BCUT2D eigenvalue weighted by Gasteiger charge is -2.28. The predicted octanol–water partition coefficient (Wildman–Crippen LogP) is 2.66. The van der Waals surface area contributed by atoms with E-state index in [1.54, 1.807) is 6.08 Å². The maximum atomic E-state index is 13.5. The zero-order valence-corrected chi connectivity index (χ0v) is 27.5. The summed E-state index contributed by atoms with van der Waals surface area (Å²) in [6, 6.07) is 17.0. The molecule has 0 aliphatic rings. The molecule has 0 fully saturated rings. The Morgan fingerprint density at radius 3 is 2.07 bits per heavy atom. The van der Waals surface area contributed by atoms with E-state index in [2.05, 4.69) is 26.3 Å². The molecular formula is C35H51N7O4. The van der Waals surface area contributed by atoms with Crippen LogP contribution in [0.25, 0.3) is 6.08 Å². The quantitative estimate of drug-likeness (QED) is 0.0599. The van der Waals surface area contributed by atoms with Gasteiger partial charge >= 0.3 is 0 Å². The minimum atomic E-state index is -0.878. The standard InChI is InChI=1S/C35H51N7O4/c1-24(2)22-29(34(46)42-30(25(3)4)23-39-31(43)19-17-26-12-7-5-8-13-26)41-33(45)28(16-11-21-38-35(36)37)40-32(44)20-18-27-14-9-6-10-15-27/h5-10,12-15,17,19,24-25,28-30H,11,16,18,20-23H2,1-4H3,(H,39,43)(H,40,44)(H,41,45)(H,42,46)(H4,36,37,38)/b19-17+/t28-,29-,30+/m0/s1. The van der Waals surface area contributed by atoms with Crippen LogP contribution in [-0.2, 0) is 25.6 Å². The van der Waals surface area contributed by atoms with E-state index in [4.69, 9.17) is 11.5 Å². The van der Waals surface area contributed by atoms with Gasteiger partial charge in [0.1, 0.15) is 12.1 Å². The lowest BCUT2D eigenvalue weighted by Crippen LogP contribution is -2.57. The van der Waals surface area contributed by atoms with Crippen molar-refractivity contribution < 1.29 is 19.2 Å². The summed E-state index contributed by atoms with van der Waals surface area (Å²) in [6.45, 7) is 8.33. The lowest BCUT2D eigenvalue weighted by atomic mass is 9.99. The normalized spacial score (nSPS) is 13.1. The van der Waals surface area contributed by atoms with Crippen molar-refractivity contribution in [1.82, 2.24) is 21.3 Å². The second-order valence-electron chi connectivity index (χ2n) is 12.1. The molecule has 11 nitrogen and oxygen atoms in total. The van der Waals surface area contributed by atoms with Gasteiger partial charge in [-0.25, -0.2) is 0 Å². The molecule has 0 aliphatic carbocycles. The van der Waals surface area contributed by atoms with E-state index in [-0.39, 0.29) is 60.9 Å². The number of benzene rings is 2. The Balaban J connectivity index is 2.06. The van der Waals surface area contributed by atoms with E-state index in [0.717, 1.165) is 11.1 Å². The lowest BCUT2D eigenvalue weighted by molar-refractivity contribution is -0.132. The number of carbonyl (C=O) groups is 4. The van der Waals surface area contributed by atoms with Crippen molar-refractivity contribution in [3.05, 3.63) is 77.9 Å². The number of aryl methyl sites for hydroxylation is 1. The average Bonchev–Trinajstić information content (AvgIpc) is 3.02. The number of nitrogens with two attached hydrogens (primary N) is 2. The van der Waals surface area contributed by atoms with Crippen molar-refractivity contribution in [1.29, 1.82) is 0 Å². The molecule has 0 radical (unpaired) electrons. The molecule has 0 saturated heterocycles. The summed E-state index contributed by atoms with van der Waals surface area (Å²) < 4.78 is 0. The predicted molar refractivity (Wildman–Crippen MR) is 183 cm³/mol. The molecule has 0 bridgehead atoms. The van der Waals surface area contributed by atoms with E-state index in [0.29, 0.717) is 25.8 Å². The monoisotopic (exact) mass is 633 g/mol. The van der Waals surface area contributed by atoms with Crippen molar-refractivity contribution in [2.45, 2.75) is 77.9 Å². The maximum absolute atomic E-state index is 13.5. The fraction of sp³-hybridized carbons (Fsp3) is 0.457. The first-order chi connectivity index (χ1) is 21.9. The van der Waals surface area contributed by atoms with Crippen LogP contribution in [0, 0.1) is 11.8 Å². The van der Waals surface area contributed by atoms with E-state index < -0.39 is 18.0 Å². The van der Waals surface area contributed by atoms with Crippen molar-refractivity contribution in [2.24, 2.45) is 28.3 Å². The zero-order chi connectivity index (χ0) is 33.9. The minimum Gasteiger partial charge on any atom is -0.370 e. The number of aliphatic imine (C=N–C) groups is 1. The number of guanidine groups is 1. The van der Waals surface area contributed by atoms with Crippen LogP contribution in [0.3, 0.4) is 0 Å². The Morgan fingerprint density at radius 2 is 1.46 bits per heavy atom. The summed E-state index contributed by atoms with van der Waals surface area (Å²) in [7, 11) is 0. The van der Waals surface area contributed by atoms with Gasteiger partial charge in [0.05, 0.1) is 0 Å². The highest BCUT2D eigenvalue weighted by molar-refractivity contribution is 5.93. The van der Waals surface area contributed by atoms with Crippen molar-refractivity contribution in [3.8, 4) is 0 Å². The smallest absolute Gasteiger partial charge is 0.244 e. The molecule has 0 unspecified atom stereocenters. The third kappa shape index (κ3) is 15.4. The highest BCUT2D eigenvalue weighted by atomic mass is 16.2. The van der Waals surface area contributed by atoms with E-state index in [1.807, 2.05) is 88.4 Å². The number of amides is 4. The summed E-state index contributed by atoms with van der Waals surface area (Å²) in [5.41, 5.74) is 12.8. The molecule has 2 rings (SSSR count). The molecular weight excluding hydrogens is 582 g/mol. The molecule has 2 aromatic rings. The molecule has 0 heterocycles. The zero-order valence-electron chi connectivity index (χ0n) is 27.5. The Hall–Kier alpha value is -4.67. The molecule has 8 N–H and O–H groups in total. The number of nitrogens with zero attached hydrogens (tertiary/aromatic N) is 1. The molecule has 250 valence electrons. The minimum absolute atomic E-state index is 0.00458. The third-order valence-electron chi connectivity index (χ3n) is 7.28. The van der Waals surface area contributed by atoms with E-state index in [9.17, 15) is 19.2 Å². The Bertz CT molecular complexity index is 1290. The molecule has 4 amide bonds. The molecule has 2 aromatic carbocycles. The van der Waals surface area contributed by atoms with Gasteiger partial charge in [-0.3, -0.25) is 24.2 Å². The molecule has 0 aromatic heterocycles. The molecule has 11 heteroatoms. The number of rotatable bonds is 19. The van der Waals surface area contributed by atoms with Gasteiger partial charge in [-0.15, -0.1) is 0 Å². The largest absolute Gasteiger partial charge is 0.370 e. The Labute approximate surface area is 273 Å². The second kappa shape index (κ2) is 20.4. The molecule has 0 aliphatic heterocycles. The van der Waals surface area contributed by atoms with E-state index >= 15 is 0 Å². The average molecular weight is 634 g/mol. The first kappa shape index (κ1) is 37.5. The van der Waals surface area contributed by atoms with Crippen LogP contribution in [0.1, 0.15) is 64.5 Å². The number of nitrogens with one attached hydrogen (secondary N) is 4. The summed E-state index contributed by atoms with van der Waals surface area (Å²) in [5, 5.41) is 11.6. The van der Waals surface area contributed by atoms with Gasteiger partial charge in [0, 0.05) is 31.6 Å². The van der Waals surface area contributed by atoms with Crippen LogP contribution in [0.2, 0.25) is 0 Å². The SMILES string of the molecule is CC(C)C[C@H](NC(=O)[C@H](CCCN=C(N)N)NC(=O)CCc1ccccc1)C(=O)N[C@H](CNC(=O)/C=C/c1ccccc1)C(C)C. The molecule has 46 heavy (non-hydrogen) atoms. The molecule has 3 atom stereocenters. The second-order valence-corrected chi connectivity index (χ2v) is 12.1. The van der Waals surface area contributed by atoms with Crippen molar-refractivity contribution in [3.63, 3.8) is 0 Å². The fourth-order valence-electron chi connectivity index (χ4n) is 4.66. The Morgan fingerprint density at radius 1 is 0.826 bits per heavy atom. The first-order valence-electron chi connectivity index (χ1n) is 15.9. The van der Waals surface area contributed by atoms with Gasteiger partial charge in [0.25, 0.3) is 0 Å². The highest BCUT2D eigenvalue weighted by Gasteiger charge is 2.29. The topological polar surface area (TPSA) is 181 Å². The summed E-state index contributed by atoms with van der Waals surface area (Å²) in [4.78, 5) is 56.4. The van der Waals surface area contributed by atoms with Gasteiger partial charge in [0.15, 0.2) is 5.96 Å². The van der Waals surface area contributed by atoms with Crippen LogP contribution in [0.4, 0.5) is 0 Å². The van der Waals surface area contributed by atoms with Crippen LogP contribution in [0.15, 0.2) is 71.7 Å². The van der Waals surface area contributed by atoms with Crippen LogP contribution < -0.4 is 32.7 Å². The van der Waals surface area contributed by atoms with Gasteiger partial charge < -0.3 is 32.7 Å². The van der Waals surface area contributed by atoms with Gasteiger partial charge in [-0.2, -0.15) is 0 Å². The van der Waals surface area contributed by atoms with E-state index in [1.165, 1.54) is 6.08 Å². The highest BCUT2D eigenvalue weighted by Crippen LogP contribution is 2.10. The number of hydrogen-bond acceptors (Lipinski definition) is 5. The number of carbonyl (C=O) groups excluding carboxylic acids is 4. The number of hydrogen-bond donors (Lipinski definition) is 6. The van der Waals surface area contributed by atoms with Crippen LogP contribution >= 0.6 is 0 Å². The molecule has 0 spiro atoms. The van der Waals surface area contributed by atoms with Gasteiger partial charge in [-0.05, 0) is 54.7 Å². The Kier molecular flexibility index (Phi) is 16.6.